The van der Waals surface area contributed by atoms with Crippen molar-refractivity contribution in [2.24, 2.45) is 0 Å². The molecule has 0 aromatic carbocycles. The molecule has 0 atom stereocenters. The van der Waals surface area contributed by atoms with Crippen LogP contribution in [0, 0.1) is 0 Å². The summed E-state index contributed by atoms with van der Waals surface area (Å²) in [5, 5.41) is 0. The van der Waals surface area contributed by atoms with Crippen LogP contribution in [0.1, 0.15) is 0 Å². The Morgan fingerprint density at radius 3 is 2.22 bits per heavy atom. The fourth-order valence-electron chi connectivity index (χ4n) is 0.268. The molecule has 0 spiro atoms. The van der Waals surface area contributed by atoms with Gasteiger partial charge in [0.25, 0.3) is 9.97 Å². The van der Waals surface area contributed by atoms with E-state index in [1.165, 1.54) is 7.11 Å². The SMILES string of the molecule is COBS(=O)(=O)OOC. The van der Waals surface area contributed by atoms with Gasteiger partial charge in [0, 0.05) is 7.11 Å². The third kappa shape index (κ3) is 4.40. The predicted molar refractivity (Wildman–Crippen MR) is 31.2 cm³/mol. The Morgan fingerprint density at radius 2 is 1.89 bits per heavy atom. The molecular formula is C2H7BO5S. The van der Waals surface area contributed by atoms with Gasteiger partial charge in [-0.1, -0.05) is 0 Å². The van der Waals surface area contributed by atoms with Crippen LogP contribution in [0.4, 0.5) is 0 Å². The zero-order valence-electron chi connectivity index (χ0n) is 5.16. The Bertz CT molecular complexity index is 138. The van der Waals surface area contributed by atoms with Crippen LogP contribution in [-0.4, -0.2) is 29.4 Å². The average molecular weight is 154 g/mol. The Hall–Kier alpha value is -0.105. The molecule has 0 heterocycles. The van der Waals surface area contributed by atoms with E-state index in [0.717, 1.165) is 7.11 Å². The van der Waals surface area contributed by atoms with Gasteiger partial charge in [-0.3, -0.25) is 0 Å². The Labute approximate surface area is 54.1 Å². The van der Waals surface area contributed by atoms with Gasteiger partial charge < -0.3 is 4.65 Å². The van der Waals surface area contributed by atoms with Gasteiger partial charge >= 0.3 is 6.76 Å². The van der Waals surface area contributed by atoms with Crippen molar-refractivity contribution in [2.75, 3.05) is 14.2 Å². The Kier molecular flexibility index (Phi) is 3.79. The van der Waals surface area contributed by atoms with Crippen molar-refractivity contribution >= 4 is 16.7 Å². The molecule has 0 fully saturated rings. The molecule has 0 amide bonds. The van der Waals surface area contributed by atoms with Gasteiger partial charge in [-0.25, -0.2) is 13.3 Å². The minimum atomic E-state index is -3.63. The summed E-state index contributed by atoms with van der Waals surface area (Å²) in [7, 11) is -1.28. The summed E-state index contributed by atoms with van der Waals surface area (Å²) < 4.78 is 28.8. The first-order valence-corrected chi connectivity index (χ1v) is 3.64. The van der Waals surface area contributed by atoms with E-state index in [1.54, 1.807) is 0 Å². The maximum Gasteiger partial charge on any atom is 0.459 e. The number of hydrogen-bond donors (Lipinski definition) is 0. The predicted octanol–water partition coefficient (Wildman–Crippen LogP) is -1.19. The first-order valence-electron chi connectivity index (χ1n) is 2.06. The molecule has 0 unspecified atom stereocenters. The van der Waals surface area contributed by atoms with Crippen molar-refractivity contribution in [3.8, 4) is 0 Å². The zero-order valence-corrected chi connectivity index (χ0v) is 5.97. The van der Waals surface area contributed by atoms with Crippen LogP contribution >= 0.6 is 0 Å². The van der Waals surface area contributed by atoms with Crippen LogP contribution in [0.15, 0.2) is 0 Å². The normalized spacial score (nSPS) is 11.3. The largest absolute Gasteiger partial charge is 0.459 e. The number of rotatable bonds is 4. The minimum absolute atomic E-state index is 0.499. The highest BCUT2D eigenvalue weighted by atomic mass is 32.2. The second-order valence-corrected chi connectivity index (χ2v) is 2.69. The summed E-state index contributed by atoms with van der Waals surface area (Å²) in [5.41, 5.74) is 0. The van der Waals surface area contributed by atoms with Crippen molar-refractivity contribution in [3.05, 3.63) is 0 Å². The van der Waals surface area contributed by atoms with Gasteiger partial charge in [0.05, 0.1) is 7.11 Å². The summed E-state index contributed by atoms with van der Waals surface area (Å²) in [6, 6.07) is 0. The lowest BCUT2D eigenvalue weighted by atomic mass is 10.6. The van der Waals surface area contributed by atoms with E-state index in [2.05, 4.69) is 13.9 Å². The lowest BCUT2D eigenvalue weighted by molar-refractivity contribution is -0.169. The Balaban J connectivity index is 3.73. The lowest BCUT2D eigenvalue weighted by Crippen LogP contribution is -2.14. The van der Waals surface area contributed by atoms with Crippen molar-refractivity contribution in [1.82, 2.24) is 0 Å². The van der Waals surface area contributed by atoms with E-state index in [1.807, 2.05) is 0 Å². The molecule has 0 rings (SSSR count). The van der Waals surface area contributed by atoms with Crippen molar-refractivity contribution < 1.29 is 22.3 Å². The summed E-state index contributed by atoms with van der Waals surface area (Å²) in [6.45, 7) is -0.499. The molecule has 0 aromatic rings. The fraction of sp³-hybridized carbons (Fsp3) is 1.00. The van der Waals surface area contributed by atoms with Gasteiger partial charge in [0.1, 0.15) is 0 Å². The highest BCUT2D eigenvalue weighted by Crippen LogP contribution is 1.88. The summed E-state index contributed by atoms with van der Waals surface area (Å²) in [5.74, 6) is 0. The van der Waals surface area contributed by atoms with Crippen LogP contribution in [0.3, 0.4) is 0 Å². The fourth-order valence-corrected chi connectivity index (χ4v) is 0.803. The maximum atomic E-state index is 10.4. The third-order valence-electron chi connectivity index (χ3n) is 0.434. The molecule has 0 N–H and O–H groups in total. The van der Waals surface area contributed by atoms with E-state index in [-0.39, 0.29) is 0 Å². The van der Waals surface area contributed by atoms with E-state index in [4.69, 9.17) is 0 Å². The molecule has 7 heteroatoms. The lowest BCUT2D eigenvalue weighted by Gasteiger charge is -1.96. The molecule has 0 radical (unpaired) electrons. The first-order chi connectivity index (χ1) is 4.12. The van der Waals surface area contributed by atoms with Crippen molar-refractivity contribution in [1.29, 1.82) is 0 Å². The number of hydrogen-bond acceptors (Lipinski definition) is 5. The van der Waals surface area contributed by atoms with Crippen molar-refractivity contribution in [3.63, 3.8) is 0 Å². The third-order valence-corrected chi connectivity index (χ3v) is 1.30. The smallest absolute Gasteiger partial charge is 0.425 e. The minimum Gasteiger partial charge on any atom is -0.425 e. The molecule has 0 saturated heterocycles. The van der Waals surface area contributed by atoms with E-state index >= 15 is 0 Å². The molecule has 0 aromatic heterocycles. The molecule has 9 heavy (non-hydrogen) atoms. The zero-order chi connectivity index (χ0) is 7.33. The molecule has 54 valence electrons. The van der Waals surface area contributed by atoms with Crippen molar-refractivity contribution in [2.45, 2.75) is 0 Å². The Morgan fingerprint density at radius 1 is 1.33 bits per heavy atom. The van der Waals surface area contributed by atoms with Crippen LogP contribution in [-0.2, 0) is 23.8 Å². The molecule has 0 aliphatic carbocycles. The van der Waals surface area contributed by atoms with Gasteiger partial charge in [-0.05, 0) is 0 Å². The molecule has 0 aliphatic rings. The van der Waals surface area contributed by atoms with Gasteiger partial charge in [0.2, 0.25) is 0 Å². The highest BCUT2D eigenvalue weighted by molar-refractivity contribution is 8.10. The summed E-state index contributed by atoms with van der Waals surface area (Å²) in [6.07, 6.45) is 0. The van der Waals surface area contributed by atoms with E-state index in [9.17, 15) is 8.42 Å². The molecule has 5 nitrogen and oxygen atoms in total. The van der Waals surface area contributed by atoms with Gasteiger partial charge in [-0.2, -0.15) is 0 Å². The van der Waals surface area contributed by atoms with E-state index < -0.39 is 16.7 Å². The first kappa shape index (κ1) is 8.89. The van der Waals surface area contributed by atoms with Crippen LogP contribution in [0.25, 0.3) is 0 Å². The highest BCUT2D eigenvalue weighted by Gasteiger charge is 2.13. The van der Waals surface area contributed by atoms with Crippen LogP contribution in [0.2, 0.25) is 0 Å². The summed E-state index contributed by atoms with van der Waals surface area (Å²) in [4.78, 5) is 3.89. The molecule has 0 saturated carbocycles. The maximum absolute atomic E-state index is 10.4. The van der Waals surface area contributed by atoms with Gasteiger partial charge in [-0.15, -0.1) is 4.33 Å². The van der Waals surface area contributed by atoms with Gasteiger partial charge in [0.15, 0.2) is 0 Å². The molecular weight excluding hydrogens is 147 g/mol. The van der Waals surface area contributed by atoms with Crippen LogP contribution in [0.5, 0.6) is 0 Å². The second kappa shape index (κ2) is 3.83. The topological polar surface area (TPSA) is 61.8 Å². The monoisotopic (exact) mass is 154 g/mol. The average Bonchev–Trinajstić information content (AvgIpc) is 1.64. The summed E-state index contributed by atoms with van der Waals surface area (Å²) >= 11 is 0. The molecule has 0 bridgehead atoms. The second-order valence-electron chi connectivity index (χ2n) is 1.20. The standard InChI is InChI=1S/C2H7BO5S/c1-6-3-9(4,5)8-7-2/h3H,1-2H3. The van der Waals surface area contributed by atoms with E-state index in [0.29, 0.717) is 0 Å². The van der Waals surface area contributed by atoms with Crippen LogP contribution < -0.4 is 0 Å². The molecule has 0 aliphatic heterocycles. The quantitative estimate of drug-likeness (QED) is 0.289.